The molecule has 0 spiro atoms. The third-order valence-electron chi connectivity index (χ3n) is 2.36. The fraction of sp³-hybridized carbons (Fsp3) is 0.0909. The molecule has 0 aliphatic heterocycles. The highest BCUT2D eigenvalue weighted by atomic mass is 32.1. The second-order valence-electron chi connectivity index (χ2n) is 3.70. The van der Waals surface area contributed by atoms with E-state index in [0.717, 1.165) is 11.5 Å². The first kappa shape index (κ1) is 13.5. The maximum absolute atomic E-state index is 13.8. The molecule has 0 saturated carbocycles. The molecule has 0 bridgehead atoms. The summed E-state index contributed by atoms with van der Waals surface area (Å²) in [6, 6.07) is 4.13. The molecule has 8 heteroatoms. The van der Waals surface area contributed by atoms with Gasteiger partial charge in [-0.2, -0.15) is 0 Å². The number of carbonyl (C=O) groups is 1. The SMILES string of the molecule is Cc1nnsc1C(=O)Nc1ccc(C(N)=S)cc1F. The molecule has 1 amide bonds. The van der Waals surface area contributed by atoms with Gasteiger partial charge in [-0.25, -0.2) is 4.39 Å². The predicted molar refractivity (Wildman–Crippen MR) is 74.9 cm³/mol. The first-order valence-electron chi connectivity index (χ1n) is 5.18. The number of rotatable bonds is 3. The number of nitrogens with two attached hydrogens (primary N) is 1. The Kier molecular flexibility index (Phi) is 3.82. The van der Waals surface area contributed by atoms with Crippen LogP contribution in [0.5, 0.6) is 0 Å². The number of amides is 1. The summed E-state index contributed by atoms with van der Waals surface area (Å²) in [5.74, 6) is -1.05. The second-order valence-corrected chi connectivity index (χ2v) is 4.89. The van der Waals surface area contributed by atoms with E-state index in [-0.39, 0.29) is 10.7 Å². The molecule has 0 radical (unpaired) electrons. The molecule has 0 saturated heterocycles. The molecular formula is C11H9FN4OS2. The van der Waals surface area contributed by atoms with Gasteiger partial charge < -0.3 is 11.1 Å². The first-order valence-corrected chi connectivity index (χ1v) is 6.37. The zero-order valence-corrected chi connectivity index (χ0v) is 11.4. The molecule has 2 rings (SSSR count). The highest BCUT2D eigenvalue weighted by Gasteiger charge is 2.15. The minimum atomic E-state index is -0.603. The highest BCUT2D eigenvalue weighted by molar-refractivity contribution is 7.80. The van der Waals surface area contributed by atoms with Crippen molar-refractivity contribution in [3.8, 4) is 0 Å². The van der Waals surface area contributed by atoms with Gasteiger partial charge in [0.05, 0.1) is 11.4 Å². The van der Waals surface area contributed by atoms with Crippen molar-refractivity contribution < 1.29 is 9.18 Å². The van der Waals surface area contributed by atoms with E-state index >= 15 is 0 Å². The van der Waals surface area contributed by atoms with Crippen molar-refractivity contribution in [1.29, 1.82) is 0 Å². The number of hydrogen-bond acceptors (Lipinski definition) is 5. The van der Waals surface area contributed by atoms with E-state index in [1.54, 1.807) is 13.0 Å². The van der Waals surface area contributed by atoms with Crippen molar-refractivity contribution in [2.45, 2.75) is 6.92 Å². The molecule has 0 atom stereocenters. The molecule has 0 fully saturated rings. The largest absolute Gasteiger partial charge is 0.389 e. The Bertz CT molecular complexity index is 656. The number of nitrogens with one attached hydrogen (secondary N) is 1. The van der Waals surface area contributed by atoms with E-state index in [9.17, 15) is 9.18 Å². The molecule has 1 heterocycles. The Hall–Kier alpha value is -1.93. The molecule has 1 aromatic heterocycles. The van der Waals surface area contributed by atoms with Crippen molar-refractivity contribution in [2.24, 2.45) is 5.73 Å². The maximum Gasteiger partial charge on any atom is 0.269 e. The van der Waals surface area contributed by atoms with Crippen LogP contribution in [0.15, 0.2) is 18.2 Å². The lowest BCUT2D eigenvalue weighted by molar-refractivity contribution is 0.102. The van der Waals surface area contributed by atoms with E-state index in [2.05, 4.69) is 14.9 Å². The predicted octanol–water partition coefficient (Wildman–Crippen LogP) is 1.87. The monoisotopic (exact) mass is 296 g/mol. The molecule has 1 aromatic carbocycles. The van der Waals surface area contributed by atoms with Gasteiger partial charge in [0.2, 0.25) is 0 Å². The molecule has 2 aromatic rings. The number of thiocarbonyl (C=S) groups is 1. The van der Waals surface area contributed by atoms with E-state index < -0.39 is 11.7 Å². The second kappa shape index (κ2) is 5.37. The summed E-state index contributed by atoms with van der Waals surface area (Å²) in [5, 5.41) is 6.17. The van der Waals surface area contributed by atoms with Gasteiger partial charge in [0.15, 0.2) is 0 Å². The van der Waals surface area contributed by atoms with Crippen LogP contribution < -0.4 is 11.1 Å². The number of anilines is 1. The van der Waals surface area contributed by atoms with Crippen LogP contribution in [0.1, 0.15) is 20.9 Å². The number of halogens is 1. The summed E-state index contributed by atoms with van der Waals surface area (Å²) in [6.45, 7) is 1.66. The van der Waals surface area contributed by atoms with E-state index in [1.165, 1.54) is 12.1 Å². The lowest BCUT2D eigenvalue weighted by Crippen LogP contribution is -2.14. The van der Waals surface area contributed by atoms with Crippen LogP contribution in [-0.2, 0) is 0 Å². The van der Waals surface area contributed by atoms with Gasteiger partial charge >= 0.3 is 0 Å². The van der Waals surface area contributed by atoms with Crippen LogP contribution in [0.25, 0.3) is 0 Å². The Labute approximate surface area is 117 Å². The summed E-state index contributed by atoms with van der Waals surface area (Å²) in [7, 11) is 0. The summed E-state index contributed by atoms with van der Waals surface area (Å²) < 4.78 is 17.4. The number of carbonyl (C=O) groups excluding carboxylic acids is 1. The molecule has 98 valence electrons. The van der Waals surface area contributed by atoms with Crippen molar-refractivity contribution in [3.05, 3.63) is 40.2 Å². The topological polar surface area (TPSA) is 80.9 Å². The van der Waals surface area contributed by atoms with Crippen LogP contribution in [-0.4, -0.2) is 20.5 Å². The lowest BCUT2D eigenvalue weighted by atomic mass is 10.2. The molecule has 0 aliphatic carbocycles. The van der Waals surface area contributed by atoms with Crippen LogP contribution >= 0.6 is 23.8 Å². The van der Waals surface area contributed by atoms with E-state index in [1.807, 2.05) is 0 Å². The van der Waals surface area contributed by atoms with Crippen LogP contribution in [0.2, 0.25) is 0 Å². The third kappa shape index (κ3) is 2.91. The maximum atomic E-state index is 13.8. The Balaban J connectivity index is 2.23. The average Bonchev–Trinajstić information content (AvgIpc) is 2.77. The summed E-state index contributed by atoms with van der Waals surface area (Å²) in [6.07, 6.45) is 0. The average molecular weight is 296 g/mol. The van der Waals surface area contributed by atoms with Gasteiger partial charge in [0.25, 0.3) is 5.91 Å². The van der Waals surface area contributed by atoms with Crippen molar-refractivity contribution in [3.63, 3.8) is 0 Å². The quantitative estimate of drug-likeness (QED) is 0.845. The first-order chi connectivity index (χ1) is 8.99. The number of benzene rings is 1. The zero-order chi connectivity index (χ0) is 14.0. The van der Waals surface area contributed by atoms with Gasteiger partial charge in [-0.3, -0.25) is 4.79 Å². The normalized spacial score (nSPS) is 10.2. The van der Waals surface area contributed by atoms with Crippen molar-refractivity contribution in [2.75, 3.05) is 5.32 Å². The number of aryl methyl sites for hydroxylation is 1. The summed E-state index contributed by atoms with van der Waals surface area (Å²) in [5.41, 5.74) is 6.35. The number of aromatic nitrogens is 2. The standard InChI is InChI=1S/C11H9FN4OS2/c1-5-9(19-16-15-5)11(17)14-8-3-2-6(10(13)18)4-7(8)12/h2-4H,1H3,(H2,13,18)(H,14,17). The fourth-order valence-corrected chi connectivity index (χ4v) is 2.07. The fourth-order valence-electron chi connectivity index (χ4n) is 1.39. The molecule has 19 heavy (non-hydrogen) atoms. The van der Waals surface area contributed by atoms with Gasteiger partial charge in [-0.05, 0) is 36.7 Å². The smallest absolute Gasteiger partial charge is 0.269 e. The minimum absolute atomic E-state index is 0.0535. The van der Waals surface area contributed by atoms with Gasteiger partial charge in [-0.15, -0.1) is 5.10 Å². The molecular weight excluding hydrogens is 287 g/mol. The zero-order valence-electron chi connectivity index (χ0n) is 9.81. The van der Waals surface area contributed by atoms with Gasteiger partial charge in [0, 0.05) is 5.56 Å². The Morgan fingerprint density at radius 3 is 2.79 bits per heavy atom. The lowest BCUT2D eigenvalue weighted by Gasteiger charge is -2.06. The Morgan fingerprint density at radius 2 is 2.26 bits per heavy atom. The molecule has 0 unspecified atom stereocenters. The van der Waals surface area contributed by atoms with Crippen LogP contribution in [0.4, 0.5) is 10.1 Å². The third-order valence-corrected chi connectivity index (χ3v) is 3.42. The van der Waals surface area contributed by atoms with Gasteiger partial charge in [-0.1, -0.05) is 16.7 Å². The van der Waals surface area contributed by atoms with Crippen molar-refractivity contribution in [1.82, 2.24) is 9.59 Å². The van der Waals surface area contributed by atoms with E-state index in [0.29, 0.717) is 16.1 Å². The van der Waals surface area contributed by atoms with Crippen LogP contribution in [0, 0.1) is 12.7 Å². The van der Waals surface area contributed by atoms with Crippen LogP contribution in [0.3, 0.4) is 0 Å². The van der Waals surface area contributed by atoms with E-state index in [4.69, 9.17) is 18.0 Å². The molecule has 5 nitrogen and oxygen atoms in total. The van der Waals surface area contributed by atoms with Gasteiger partial charge in [0.1, 0.15) is 15.7 Å². The summed E-state index contributed by atoms with van der Waals surface area (Å²) in [4.78, 5) is 12.3. The Morgan fingerprint density at radius 1 is 1.53 bits per heavy atom. The minimum Gasteiger partial charge on any atom is -0.389 e. The summed E-state index contributed by atoms with van der Waals surface area (Å²) >= 11 is 5.70. The van der Waals surface area contributed by atoms with Crippen molar-refractivity contribution >= 4 is 40.3 Å². The molecule has 0 aliphatic rings. The number of nitrogens with zero attached hydrogens (tertiary/aromatic N) is 2. The molecule has 3 N–H and O–H groups in total. The highest BCUT2D eigenvalue weighted by Crippen LogP contribution is 2.18. The number of hydrogen-bond donors (Lipinski definition) is 2.